The molecule has 0 spiro atoms. The molecule has 0 N–H and O–H groups in total. The predicted molar refractivity (Wildman–Crippen MR) is 109 cm³/mol. The molecule has 3 rings (SSSR count). The molecule has 1 unspecified atom stereocenters. The Balaban J connectivity index is 1.70. The monoisotopic (exact) mass is 400 g/mol. The quantitative estimate of drug-likeness (QED) is 0.663. The molecule has 5 nitrogen and oxygen atoms in total. The third-order valence-corrected chi connectivity index (χ3v) is 5.00. The van der Waals surface area contributed by atoms with Gasteiger partial charge < -0.3 is 9.64 Å². The van der Waals surface area contributed by atoms with Crippen molar-refractivity contribution in [2.24, 2.45) is 0 Å². The fraction of sp³-hybridized carbons (Fsp3) is 0.238. The zero-order chi connectivity index (χ0) is 20.3. The van der Waals surface area contributed by atoms with Crippen molar-refractivity contribution in [3.05, 3.63) is 64.8 Å². The smallest absolute Gasteiger partial charge is 0.293 e. The molecule has 1 saturated heterocycles. The lowest BCUT2D eigenvalue weighted by atomic mass is 10.2. The number of likely N-dealkylation sites (N-methyl/N-ethyl adjacent to an activating group) is 1. The zero-order valence-electron chi connectivity index (χ0n) is 15.9. The first-order valence-electron chi connectivity index (χ1n) is 8.79. The number of amides is 2. The second-order valence-electron chi connectivity index (χ2n) is 6.79. The summed E-state index contributed by atoms with van der Waals surface area (Å²) < 4.78 is 18.6. The van der Waals surface area contributed by atoms with Crippen molar-refractivity contribution in [1.82, 2.24) is 9.80 Å². The van der Waals surface area contributed by atoms with Crippen molar-refractivity contribution in [2.75, 3.05) is 20.6 Å². The minimum atomic E-state index is -0.323. The predicted octanol–water partition coefficient (Wildman–Crippen LogP) is 4.60. The number of nitrogens with zero attached hydrogens (tertiary/aromatic N) is 2. The topological polar surface area (TPSA) is 49.9 Å². The van der Waals surface area contributed by atoms with Gasteiger partial charge in [0.2, 0.25) is 0 Å². The highest BCUT2D eigenvalue weighted by molar-refractivity contribution is 8.18. The Morgan fingerprint density at radius 1 is 1.07 bits per heavy atom. The number of benzene rings is 2. The Bertz CT molecular complexity index is 895. The molecule has 1 fully saturated rings. The second-order valence-corrected chi connectivity index (χ2v) is 7.78. The Labute approximate surface area is 167 Å². The first kappa shape index (κ1) is 20.1. The van der Waals surface area contributed by atoms with Crippen LogP contribution in [0.15, 0.2) is 53.4 Å². The minimum absolute atomic E-state index is 0.195. The molecule has 0 radical (unpaired) electrons. The van der Waals surface area contributed by atoms with Crippen molar-refractivity contribution >= 4 is 29.0 Å². The van der Waals surface area contributed by atoms with E-state index in [1.807, 2.05) is 25.9 Å². The maximum absolute atomic E-state index is 12.9. The molecule has 0 aromatic heterocycles. The summed E-state index contributed by atoms with van der Waals surface area (Å²) in [6, 6.07) is 12.7. The standard InChI is InChI=1S/C21H21FN2O3S/c1-14(13-23(2)3)24-20(25)19(28-21(24)26)12-15-4-8-17(9-5-15)27-18-10-6-16(22)7-11-18/h4-12,14H,13H2,1-3H3/b19-12-. The Morgan fingerprint density at radius 3 is 2.21 bits per heavy atom. The highest BCUT2D eigenvalue weighted by Gasteiger charge is 2.38. The van der Waals surface area contributed by atoms with Gasteiger partial charge in [-0.05, 0) is 80.8 Å². The van der Waals surface area contributed by atoms with Crippen molar-refractivity contribution in [3.8, 4) is 11.5 Å². The fourth-order valence-electron chi connectivity index (χ4n) is 2.89. The first-order valence-corrected chi connectivity index (χ1v) is 9.60. The number of rotatable bonds is 6. The van der Waals surface area contributed by atoms with Crippen LogP contribution in [0.4, 0.5) is 9.18 Å². The Morgan fingerprint density at radius 2 is 1.64 bits per heavy atom. The Kier molecular flexibility index (Phi) is 6.16. The molecule has 146 valence electrons. The molecule has 2 aromatic rings. The van der Waals surface area contributed by atoms with Crippen LogP contribution < -0.4 is 4.74 Å². The number of carbonyl (C=O) groups excluding carboxylic acids is 2. The molecule has 1 aliphatic heterocycles. The van der Waals surface area contributed by atoms with Gasteiger partial charge in [-0.2, -0.15) is 0 Å². The van der Waals surface area contributed by atoms with Gasteiger partial charge in [-0.1, -0.05) is 12.1 Å². The number of hydrogen-bond donors (Lipinski definition) is 0. The minimum Gasteiger partial charge on any atom is -0.457 e. The summed E-state index contributed by atoms with van der Waals surface area (Å²) in [5.74, 6) is 0.536. The van der Waals surface area contributed by atoms with Crippen LogP contribution in [-0.4, -0.2) is 47.6 Å². The SMILES string of the molecule is CC(CN(C)C)N1C(=O)S/C(=C\c2ccc(Oc3ccc(F)cc3)cc2)C1=O. The van der Waals surface area contributed by atoms with Crippen molar-refractivity contribution in [3.63, 3.8) is 0 Å². The second kappa shape index (κ2) is 8.58. The number of hydrogen-bond acceptors (Lipinski definition) is 5. The van der Waals surface area contributed by atoms with Gasteiger partial charge >= 0.3 is 0 Å². The zero-order valence-corrected chi connectivity index (χ0v) is 16.7. The summed E-state index contributed by atoms with van der Waals surface area (Å²) in [6.45, 7) is 2.47. The van der Waals surface area contributed by atoms with E-state index < -0.39 is 0 Å². The number of halogens is 1. The van der Waals surface area contributed by atoms with Gasteiger partial charge in [-0.25, -0.2) is 4.39 Å². The van der Waals surface area contributed by atoms with Crippen LogP contribution in [0.3, 0.4) is 0 Å². The number of thioether (sulfide) groups is 1. The molecule has 0 saturated carbocycles. The van der Waals surface area contributed by atoms with Gasteiger partial charge in [0.15, 0.2) is 0 Å². The average molecular weight is 400 g/mol. The van der Waals surface area contributed by atoms with Gasteiger partial charge in [-0.3, -0.25) is 14.5 Å². The van der Waals surface area contributed by atoms with Crippen LogP contribution in [0.25, 0.3) is 6.08 Å². The van der Waals surface area contributed by atoms with Gasteiger partial charge in [0.1, 0.15) is 17.3 Å². The van der Waals surface area contributed by atoms with Crippen LogP contribution in [0.1, 0.15) is 12.5 Å². The molecular weight excluding hydrogens is 379 g/mol. The largest absolute Gasteiger partial charge is 0.457 e. The molecule has 1 aliphatic rings. The highest BCUT2D eigenvalue weighted by Crippen LogP contribution is 2.34. The van der Waals surface area contributed by atoms with E-state index in [2.05, 4.69) is 0 Å². The van der Waals surface area contributed by atoms with Crippen molar-refractivity contribution < 1.29 is 18.7 Å². The van der Waals surface area contributed by atoms with E-state index in [0.29, 0.717) is 22.9 Å². The summed E-state index contributed by atoms with van der Waals surface area (Å²) in [4.78, 5) is 28.5. The number of imide groups is 1. The maximum Gasteiger partial charge on any atom is 0.293 e. The highest BCUT2D eigenvalue weighted by atomic mass is 32.2. The van der Waals surface area contributed by atoms with Gasteiger partial charge in [-0.15, -0.1) is 0 Å². The Hall–Kier alpha value is -2.64. The summed E-state index contributed by atoms with van der Waals surface area (Å²) in [6.07, 6.45) is 1.70. The summed E-state index contributed by atoms with van der Waals surface area (Å²) >= 11 is 0.953. The van der Waals surface area contributed by atoms with Crippen LogP contribution in [-0.2, 0) is 4.79 Å². The lowest BCUT2D eigenvalue weighted by molar-refractivity contribution is -0.124. The van der Waals surface area contributed by atoms with Gasteiger partial charge in [0, 0.05) is 6.54 Å². The fourth-order valence-corrected chi connectivity index (χ4v) is 3.82. The van der Waals surface area contributed by atoms with E-state index in [1.54, 1.807) is 42.5 Å². The summed E-state index contributed by atoms with van der Waals surface area (Å²) in [5.41, 5.74) is 0.789. The van der Waals surface area contributed by atoms with E-state index in [0.717, 1.165) is 17.3 Å². The maximum atomic E-state index is 12.9. The molecule has 0 bridgehead atoms. The molecule has 1 heterocycles. The van der Waals surface area contributed by atoms with E-state index in [1.165, 1.54) is 17.0 Å². The molecule has 2 aromatic carbocycles. The number of ether oxygens (including phenoxy) is 1. The normalized spacial score (nSPS) is 16.9. The van der Waals surface area contributed by atoms with Crippen molar-refractivity contribution in [1.29, 1.82) is 0 Å². The van der Waals surface area contributed by atoms with E-state index in [-0.39, 0.29) is 23.0 Å². The molecule has 2 amide bonds. The van der Waals surface area contributed by atoms with Crippen molar-refractivity contribution in [2.45, 2.75) is 13.0 Å². The van der Waals surface area contributed by atoms with Crippen LogP contribution in [0.2, 0.25) is 0 Å². The summed E-state index contributed by atoms with van der Waals surface area (Å²) in [7, 11) is 3.81. The lowest BCUT2D eigenvalue weighted by Crippen LogP contribution is -2.42. The van der Waals surface area contributed by atoms with Crippen LogP contribution >= 0.6 is 11.8 Å². The van der Waals surface area contributed by atoms with Gasteiger partial charge in [0.25, 0.3) is 11.1 Å². The van der Waals surface area contributed by atoms with Crippen LogP contribution in [0, 0.1) is 5.82 Å². The third kappa shape index (κ3) is 4.79. The van der Waals surface area contributed by atoms with Gasteiger partial charge in [0.05, 0.1) is 10.9 Å². The molecular formula is C21H21FN2O3S. The average Bonchev–Trinajstić information content (AvgIpc) is 2.91. The lowest BCUT2D eigenvalue weighted by Gasteiger charge is -2.24. The molecule has 0 aliphatic carbocycles. The van der Waals surface area contributed by atoms with E-state index in [4.69, 9.17) is 4.74 Å². The molecule has 28 heavy (non-hydrogen) atoms. The van der Waals surface area contributed by atoms with E-state index >= 15 is 0 Å². The van der Waals surface area contributed by atoms with E-state index in [9.17, 15) is 14.0 Å². The molecule has 1 atom stereocenters. The van der Waals surface area contributed by atoms with Crippen LogP contribution in [0.5, 0.6) is 11.5 Å². The summed E-state index contributed by atoms with van der Waals surface area (Å²) in [5, 5.41) is -0.248. The number of carbonyl (C=O) groups is 2. The third-order valence-electron chi connectivity index (χ3n) is 4.12. The molecule has 7 heteroatoms. The first-order chi connectivity index (χ1) is 13.3.